The van der Waals surface area contributed by atoms with Gasteiger partial charge in [-0.1, -0.05) is 31.8 Å². The maximum atomic E-state index is 12.5. The first-order valence-electron chi connectivity index (χ1n) is 8.46. The molecule has 6 heteroatoms. The summed E-state index contributed by atoms with van der Waals surface area (Å²) in [5.74, 6) is -0.953. The number of ether oxygens (including phenoxy) is 2. The molecule has 0 unspecified atom stereocenters. The molecule has 2 rings (SSSR count). The number of nitrogens with two attached hydrogens (primary N) is 1. The van der Waals surface area contributed by atoms with Crippen molar-refractivity contribution < 1.29 is 19.1 Å². The topological polar surface area (TPSA) is 78.6 Å². The number of carbonyl (C=O) groups is 2. The van der Waals surface area contributed by atoms with Crippen molar-refractivity contribution in [2.75, 3.05) is 19.5 Å². The lowest BCUT2D eigenvalue weighted by Crippen LogP contribution is -2.22. The summed E-state index contributed by atoms with van der Waals surface area (Å²) < 4.78 is 10.2. The molecule has 0 atom stereocenters. The van der Waals surface area contributed by atoms with Crippen LogP contribution in [-0.2, 0) is 9.47 Å². The standard InChI is InChI=1S/C20H25NO4Si/c1-24-19(22)16-10-15(14-6-5-7-18(21)13-14)11-17(12-16)20(23)25-8-9-26(2,3)4/h5-7,10-13H,8-9,21H2,1-4H3. The Balaban J connectivity index is 2.34. The van der Waals surface area contributed by atoms with Gasteiger partial charge in [0.1, 0.15) is 0 Å². The van der Waals surface area contributed by atoms with Gasteiger partial charge in [-0.25, -0.2) is 9.59 Å². The second-order valence-electron chi connectivity index (χ2n) is 7.36. The maximum absolute atomic E-state index is 12.5. The summed E-state index contributed by atoms with van der Waals surface area (Å²) in [6, 6.07) is 13.0. The van der Waals surface area contributed by atoms with Crippen LogP contribution in [0.3, 0.4) is 0 Å². The molecule has 0 radical (unpaired) electrons. The molecule has 0 saturated carbocycles. The molecule has 138 valence electrons. The Morgan fingerprint density at radius 2 is 1.62 bits per heavy atom. The van der Waals surface area contributed by atoms with Crippen molar-refractivity contribution in [3.8, 4) is 11.1 Å². The van der Waals surface area contributed by atoms with Gasteiger partial charge in [0.15, 0.2) is 0 Å². The van der Waals surface area contributed by atoms with Gasteiger partial charge in [0, 0.05) is 13.8 Å². The molecule has 0 heterocycles. The molecule has 0 spiro atoms. The quantitative estimate of drug-likeness (QED) is 0.467. The SMILES string of the molecule is COC(=O)c1cc(C(=O)OCC[Si](C)(C)C)cc(-c2cccc(N)c2)c1. The van der Waals surface area contributed by atoms with Crippen LogP contribution < -0.4 is 5.73 Å². The average Bonchev–Trinajstić information content (AvgIpc) is 2.59. The van der Waals surface area contributed by atoms with Crippen molar-refractivity contribution in [1.82, 2.24) is 0 Å². The van der Waals surface area contributed by atoms with E-state index >= 15 is 0 Å². The molecule has 0 saturated heterocycles. The van der Waals surface area contributed by atoms with Crippen LogP contribution in [0, 0.1) is 0 Å². The Hall–Kier alpha value is -2.60. The van der Waals surface area contributed by atoms with E-state index in [0.717, 1.165) is 11.6 Å². The molecule has 0 bridgehead atoms. The number of hydrogen-bond donors (Lipinski definition) is 1. The number of esters is 2. The Morgan fingerprint density at radius 3 is 2.19 bits per heavy atom. The Kier molecular flexibility index (Phi) is 6.21. The van der Waals surface area contributed by atoms with Gasteiger partial charge in [0.05, 0.1) is 24.8 Å². The van der Waals surface area contributed by atoms with Crippen LogP contribution in [0.2, 0.25) is 25.7 Å². The molecule has 0 aliphatic rings. The van der Waals surface area contributed by atoms with Crippen molar-refractivity contribution >= 4 is 25.7 Å². The lowest BCUT2D eigenvalue weighted by atomic mass is 9.99. The summed E-state index contributed by atoms with van der Waals surface area (Å²) in [5, 5.41) is 0. The van der Waals surface area contributed by atoms with Crippen molar-refractivity contribution in [3.05, 3.63) is 53.6 Å². The molecule has 0 aliphatic heterocycles. The normalized spacial score (nSPS) is 11.1. The molecule has 0 fully saturated rings. The highest BCUT2D eigenvalue weighted by molar-refractivity contribution is 6.76. The van der Waals surface area contributed by atoms with Gasteiger partial charge in [-0.05, 0) is 47.5 Å². The lowest BCUT2D eigenvalue weighted by molar-refractivity contribution is 0.0525. The summed E-state index contributed by atoms with van der Waals surface area (Å²) in [5.41, 5.74) is 8.58. The third kappa shape index (κ3) is 5.45. The number of anilines is 1. The predicted octanol–water partition coefficient (Wildman–Crippen LogP) is 4.22. The smallest absolute Gasteiger partial charge is 0.338 e. The number of benzene rings is 2. The molecular weight excluding hydrogens is 346 g/mol. The molecule has 0 aromatic heterocycles. The summed E-state index contributed by atoms with van der Waals surface area (Å²) in [4.78, 5) is 24.5. The highest BCUT2D eigenvalue weighted by atomic mass is 28.3. The molecule has 2 N–H and O–H groups in total. The third-order valence-corrected chi connectivity index (χ3v) is 5.60. The first kappa shape index (κ1) is 19.7. The minimum absolute atomic E-state index is 0.296. The first-order valence-corrected chi connectivity index (χ1v) is 12.2. The molecule has 26 heavy (non-hydrogen) atoms. The van der Waals surface area contributed by atoms with E-state index in [1.54, 1.807) is 24.3 Å². The average molecular weight is 372 g/mol. The van der Waals surface area contributed by atoms with E-state index in [-0.39, 0.29) is 0 Å². The van der Waals surface area contributed by atoms with Crippen molar-refractivity contribution in [2.45, 2.75) is 25.7 Å². The minimum atomic E-state index is -1.29. The molecular formula is C20H25NO4Si. The fourth-order valence-corrected chi connectivity index (χ4v) is 3.11. The summed E-state index contributed by atoms with van der Waals surface area (Å²) in [7, 11) is 0.0123. The molecule has 0 amide bonds. The van der Waals surface area contributed by atoms with E-state index < -0.39 is 20.0 Å². The van der Waals surface area contributed by atoms with Crippen LogP contribution in [0.4, 0.5) is 5.69 Å². The minimum Gasteiger partial charge on any atom is -0.465 e. The van der Waals surface area contributed by atoms with Gasteiger partial charge in [0.25, 0.3) is 0 Å². The van der Waals surface area contributed by atoms with Gasteiger partial charge in [-0.3, -0.25) is 0 Å². The monoisotopic (exact) mass is 371 g/mol. The van der Waals surface area contributed by atoms with Gasteiger partial charge in [-0.15, -0.1) is 0 Å². The van der Waals surface area contributed by atoms with E-state index in [2.05, 4.69) is 19.6 Å². The van der Waals surface area contributed by atoms with Crippen LogP contribution in [0.25, 0.3) is 11.1 Å². The van der Waals surface area contributed by atoms with Crippen molar-refractivity contribution in [2.24, 2.45) is 0 Å². The number of hydrogen-bond acceptors (Lipinski definition) is 5. The summed E-state index contributed by atoms with van der Waals surface area (Å²) in [6.45, 7) is 7.04. The van der Waals surface area contributed by atoms with E-state index in [0.29, 0.717) is 29.0 Å². The van der Waals surface area contributed by atoms with Gasteiger partial charge < -0.3 is 15.2 Å². The summed E-state index contributed by atoms with van der Waals surface area (Å²) >= 11 is 0. The lowest BCUT2D eigenvalue weighted by Gasteiger charge is -2.15. The van der Waals surface area contributed by atoms with Gasteiger partial charge in [-0.2, -0.15) is 0 Å². The first-order chi connectivity index (χ1) is 12.2. The van der Waals surface area contributed by atoms with E-state index in [9.17, 15) is 9.59 Å². The maximum Gasteiger partial charge on any atom is 0.338 e. The van der Waals surface area contributed by atoms with Crippen LogP contribution in [-0.4, -0.2) is 33.7 Å². The highest BCUT2D eigenvalue weighted by Gasteiger charge is 2.17. The molecule has 2 aromatic carbocycles. The van der Waals surface area contributed by atoms with E-state index in [1.165, 1.54) is 13.2 Å². The second-order valence-corrected chi connectivity index (χ2v) is 13.0. The fraction of sp³-hybridized carbons (Fsp3) is 0.300. The van der Waals surface area contributed by atoms with E-state index in [4.69, 9.17) is 15.2 Å². The zero-order chi connectivity index (χ0) is 19.3. The predicted molar refractivity (Wildman–Crippen MR) is 106 cm³/mol. The highest BCUT2D eigenvalue weighted by Crippen LogP contribution is 2.25. The summed E-state index contributed by atoms with van der Waals surface area (Å²) in [6.07, 6.45) is 0. The number of rotatable bonds is 6. The van der Waals surface area contributed by atoms with Gasteiger partial charge >= 0.3 is 11.9 Å². The largest absolute Gasteiger partial charge is 0.465 e. The Bertz CT molecular complexity index is 812. The second kappa shape index (κ2) is 8.18. The molecule has 5 nitrogen and oxygen atoms in total. The zero-order valence-corrected chi connectivity index (χ0v) is 16.7. The zero-order valence-electron chi connectivity index (χ0n) is 15.7. The van der Waals surface area contributed by atoms with E-state index in [1.807, 2.05) is 12.1 Å². The third-order valence-electron chi connectivity index (χ3n) is 3.89. The van der Waals surface area contributed by atoms with Crippen LogP contribution in [0.5, 0.6) is 0 Å². The number of nitrogen functional groups attached to an aromatic ring is 1. The van der Waals surface area contributed by atoms with Crippen LogP contribution in [0.1, 0.15) is 20.7 Å². The molecule has 0 aliphatic carbocycles. The Labute approximate surface area is 155 Å². The number of methoxy groups -OCH3 is 1. The fourth-order valence-electron chi connectivity index (χ4n) is 2.40. The van der Waals surface area contributed by atoms with Crippen molar-refractivity contribution in [1.29, 1.82) is 0 Å². The van der Waals surface area contributed by atoms with Gasteiger partial charge in [0.2, 0.25) is 0 Å². The number of carbonyl (C=O) groups excluding carboxylic acids is 2. The van der Waals surface area contributed by atoms with Crippen molar-refractivity contribution in [3.63, 3.8) is 0 Å². The molecule has 2 aromatic rings. The Morgan fingerprint density at radius 1 is 0.962 bits per heavy atom. The van der Waals surface area contributed by atoms with Crippen LogP contribution in [0.15, 0.2) is 42.5 Å². The van der Waals surface area contributed by atoms with Crippen LogP contribution >= 0.6 is 0 Å².